The second kappa shape index (κ2) is 6.72. The minimum absolute atomic E-state index is 0.0487. The van der Waals surface area contributed by atoms with Gasteiger partial charge in [0, 0.05) is 10.9 Å². The highest BCUT2D eigenvalue weighted by atomic mass is 32.2. The monoisotopic (exact) mass is 367 g/mol. The lowest BCUT2D eigenvalue weighted by molar-refractivity contribution is -0.137. The van der Waals surface area contributed by atoms with Crippen LogP contribution in [-0.4, -0.2) is 37.1 Å². The van der Waals surface area contributed by atoms with Crippen molar-refractivity contribution in [3.63, 3.8) is 0 Å². The highest BCUT2D eigenvalue weighted by Crippen LogP contribution is 2.33. The van der Waals surface area contributed by atoms with E-state index >= 15 is 0 Å². The average molecular weight is 367 g/mol. The zero-order valence-electron chi connectivity index (χ0n) is 12.3. The Morgan fingerprint density at radius 1 is 1.39 bits per heavy atom. The van der Waals surface area contributed by atoms with Gasteiger partial charge in [-0.15, -0.1) is 11.8 Å². The molecule has 0 aromatic heterocycles. The molecule has 0 spiro atoms. The number of sulfone groups is 1. The Labute approximate surface area is 136 Å². The molecule has 1 aliphatic rings. The van der Waals surface area contributed by atoms with Crippen LogP contribution in [0.1, 0.15) is 18.9 Å². The van der Waals surface area contributed by atoms with Crippen molar-refractivity contribution in [3.05, 3.63) is 29.8 Å². The molecule has 1 saturated heterocycles. The van der Waals surface area contributed by atoms with E-state index in [1.165, 1.54) is 12.1 Å². The molecule has 0 saturated carbocycles. The van der Waals surface area contributed by atoms with E-state index < -0.39 is 32.9 Å². The van der Waals surface area contributed by atoms with Gasteiger partial charge in [-0.3, -0.25) is 4.79 Å². The molecule has 4 nitrogen and oxygen atoms in total. The Hall–Kier alpha value is -1.22. The minimum atomic E-state index is -4.43. The number of alkyl halides is 3. The van der Waals surface area contributed by atoms with Crippen LogP contribution in [0.5, 0.6) is 0 Å². The predicted molar refractivity (Wildman–Crippen MR) is 82.0 cm³/mol. The molecule has 1 aromatic carbocycles. The van der Waals surface area contributed by atoms with Crippen molar-refractivity contribution in [1.82, 2.24) is 5.32 Å². The third kappa shape index (κ3) is 5.13. The molecule has 0 unspecified atom stereocenters. The first-order valence-electron chi connectivity index (χ1n) is 6.91. The van der Waals surface area contributed by atoms with Gasteiger partial charge in [0.1, 0.15) is 0 Å². The van der Waals surface area contributed by atoms with Crippen molar-refractivity contribution in [2.24, 2.45) is 0 Å². The van der Waals surface area contributed by atoms with E-state index in [0.29, 0.717) is 11.3 Å². The first-order valence-corrected chi connectivity index (χ1v) is 9.62. The standard InChI is InChI=1S/C14H16F3NO3S2/c1-9(13(19)18-11-5-6-23(20,21)8-11)22-12-4-2-3-10(7-12)14(15,16)17/h2-4,7,9,11H,5-6,8H2,1H3,(H,18,19)/t9-,11+/m0/s1. The van der Waals surface area contributed by atoms with Crippen molar-refractivity contribution in [1.29, 1.82) is 0 Å². The Balaban J connectivity index is 1.96. The Kier molecular flexibility index (Phi) is 5.30. The largest absolute Gasteiger partial charge is 0.416 e. The first kappa shape index (κ1) is 18.1. The summed E-state index contributed by atoms with van der Waals surface area (Å²) in [7, 11) is -3.09. The molecule has 1 amide bonds. The van der Waals surface area contributed by atoms with Gasteiger partial charge in [-0.25, -0.2) is 8.42 Å². The first-order chi connectivity index (χ1) is 10.6. The molecule has 2 atom stereocenters. The van der Waals surface area contributed by atoms with Crippen LogP contribution >= 0.6 is 11.8 Å². The van der Waals surface area contributed by atoms with Crippen LogP contribution in [0.3, 0.4) is 0 Å². The molecule has 1 heterocycles. The quantitative estimate of drug-likeness (QED) is 0.831. The summed E-state index contributed by atoms with van der Waals surface area (Å²) in [5.41, 5.74) is -0.767. The molecule has 1 fully saturated rings. The number of thioether (sulfide) groups is 1. The van der Waals surface area contributed by atoms with Gasteiger partial charge in [-0.1, -0.05) is 6.07 Å². The van der Waals surface area contributed by atoms with Crippen molar-refractivity contribution in [3.8, 4) is 0 Å². The van der Waals surface area contributed by atoms with Crippen molar-refractivity contribution >= 4 is 27.5 Å². The lowest BCUT2D eigenvalue weighted by atomic mass is 10.2. The van der Waals surface area contributed by atoms with E-state index in [4.69, 9.17) is 0 Å². The van der Waals surface area contributed by atoms with Gasteiger partial charge in [-0.05, 0) is 31.5 Å². The summed E-state index contributed by atoms with van der Waals surface area (Å²) >= 11 is 1.00. The van der Waals surface area contributed by atoms with Crippen molar-refractivity contribution in [2.45, 2.75) is 35.7 Å². The number of hydrogen-bond acceptors (Lipinski definition) is 4. The molecule has 1 aliphatic heterocycles. The molecule has 9 heteroatoms. The SMILES string of the molecule is C[C@H](Sc1cccc(C(F)(F)F)c1)C(=O)N[C@@H]1CCS(=O)(=O)C1. The van der Waals surface area contributed by atoms with Crippen molar-refractivity contribution in [2.75, 3.05) is 11.5 Å². The topological polar surface area (TPSA) is 63.2 Å². The molecule has 2 rings (SSSR count). The smallest absolute Gasteiger partial charge is 0.351 e. The molecular formula is C14H16F3NO3S2. The summed E-state index contributed by atoms with van der Waals surface area (Å²) in [6, 6.07) is 4.34. The number of halogens is 3. The lowest BCUT2D eigenvalue weighted by Crippen LogP contribution is -2.39. The van der Waals surface area contributed by atoms with Crippen LogP contribution in [0.4, 0.5) is 13.2 Å². The summed E-state index contributed by atoms with van der Waals surface area (Å²) < 4.78 is 60.7. The van der Waals surface area contributed by atoms with E-state index in [0.717, 1.165) is 23.9 Å². The van der Waals surface area contributed by atoms with Crippen LogP contribution in [0.25, 0.3) is 0 Å². The fourth-order valence-corrected chi connectivity index (χ4v) is 4.84. The molecule has 128 valence electrons. The number of nitrogens with one attached hydrogen (secondary N) is 1. The van der Waals surface area contributed by atoms with Gasteiger partial charge >= 0.3 is 6.18 Å². The fraction of sp³-hybridized carbons (Fsp3) is 0.500. The third-order valence-corrected chi connectivity index (χ3v) is 6.28. The maximum atomic E-state index is 12.7. The number of carbonyl (C=O) groups excluding carboxylic acids is 1. The Morgan fingerprint density at radius 2 is 2.09 bits per heavy atom. The third-order valence-electron chi connectivity index (χ3n) is 3.42. The highest BCUT2D eigenvalue weighted by Gasteiger charge is 2.32. The lowest BCUT2D eigenvalue weighted by Gasteiger charge is -2.16. The van der Waals surface area contributed by atoms with Crippen molar-refractivity contribution < 1.29 is 26.4 Å². The molecule has 0 radical (unpaired) electrons. The summed E-state index contributed by atoms with van der Waals surface area (Å²) in [6.45, 7) is 1.57. The molecule has 0 bridgehead atoms. The van der Waals surface area contributed by atoms with Crippen LogP contribution < -0.4 is 5.32 Å². The molecule has 0 aliphatic carbocycles. The Morgan fingerprint density at radius 3 is 2.65 bits per heavy atom. The fourth-order valence-electron chi connectivity index (χ4n) is 2.23. The zero-order chi connectivity index (χ0) is 17.3. The molecular weight excluding hydrogens is 351 g/mol. The maximum Gasteiger partial charge on any atom is 0.416 e. The van der Waals surface area contributed by atoms with Crippen LogP contribution in [0, 0.1) is 0 Å². The summed E-state index contributed by atoms with van der Waals surface area (Å²) in [5.74, 6) is -0.415. The minimum Gasteiger partial charge on any atom is -0.351 e. The molecule has 23 heavy (non-hydrogen) atoms. The number of rotatable bonds is 4. The second-order valence-corrected chi connectivity index (χ2v) is 9.04. The van der Waals surface area contributed by atoms with E-state index in [1.807, 2.05) is 0 Å². The maximum absolute atomic E-state index is 12.7. The van der Waals surface area contributed by atoms with E-state index in [2.05, 4.69) is 5.32 Å². The van der Waals surface area contributed by atoms with E-state index in [1.54, 1.807) is 6.92 Å². The Bertz CT molecular complexity index is 689. The summed E-state index contributed by atoms with van der Waals surface area (Å²) in [5, 5.41) is 2.01. The van der Waals surface area contributed by atoms with Crippen LogP contribution in [0.15, 0.2) is 29.2 Å². The van der Waals surface area contributed by atoms with Gasteiger partial charge in [0.2, 0.25) is 5.91 Å². The van der Waals surface area contributed by atoms with E-state index in [-0.39, 0.29) is 17.4 Å². The van der Waals surface area contributed by atoms with Gasteiger partial charge in [0.25, 0.3) is 0 Å². The van der Waals surface area contributed by atoms with Gasteiger partial charge < -0.3 is 5.32 Å². The van der Waals surface area contributed by atoms with Gasteiger partial charge in [-0.2, -0.15) is 13.2 Å². The number of hydrogen-bond donors (Lipinski definition) is 1. The molecule has 1 N–H and O–H groups in total. The van der Waals surface area contributed by atoms with Crippen LogP contribution in [0.2, 0.25) is 0 Å². The average Bonchev–Trinajstić information content (AvgIpc) is 2.77. The van der Waals surface area contributed by atoms with Gasteiger partial charge in [0.15, 0.2) is 9.84 Å². The number of carbonyl (C=O) groups is 1. The zero-order valence-corrected chi connectivity index (χ0v) is 13.9. The van der Waals surface area contributed by atoms with Crippen LogP contribution in [-0.2, 0) is 20.8 Å². The summed E-state index contributed by atoms with van der Waals surface area (Å²) in [6.07, 6.45) is -4.06. The van der Waals surface area contributed by atoms with E-state index in [9.17, 15) is 26.4 Å². The number of benzene rings is 1. The van der Waals surface area contributed by atoms with Gasteiger partial charge in [0.05, 0.1) is 22.3 Å². The highest BCUT2D eigenvalue weighted by molar-refractivity contribution is 8.00. The molecule has 1 aromatic rings. The predicted octanol–water partition coefficient (Wildman–Crippen LogP) is 2.49. The summed E-state index contributed by atoms with van der Waals surface area (Å²) in [4.78, 5) is 12.4. The number of amides is 1. The second-order valence-electron chi connectivity index (χ2n) is 5.39. The normalized spacial score (nSPS) is 21.8.